The minimum absolute atomic E-state index is 0.692. The molecule has 102 valence electrons. The smallest absolute Gasteiger partial charge is 0.195 e. The van der Waals surface area contributed by atoms with Crippen molar-refractivity contribution in [3.8, 4) is 5.69 Å². The van der Waals surface area contributed by atoms with Crippen molar-refractivity contribution in [1.82, 2.24) is 14.8 Å². The summed E-state index contributed by atoms with van der Waals surface area (Å²) < 4.78 is 2.73. The van der Waals surface area contributed by atoms with E-state index < -0.39 is 0 Å². The summed E-state index contributed by atoms with van der Waals surface area (Å²) in [7, 11) is 0. The molecule has 3 rings (SSSR count). The molecule has 0 spiro atoms. The Morgan fingerprint density at radius 2 is 2.10 bits per heavy atom. The van der Waals surface area contributed by atoms with Gasteiger partial charge in [-0.25, -0.2) is 0 Å². The number of rotatable bonds is 4. The van der Waals surface area contributed by atoms with Gasteiger partial charge in [-0.3, -0.25) is 4.57 Å². The average Bonchev–Trinajstić information content (AvgIpc) is 3.05. The lowest BCUT2D eigenvalue weighted by atomic mass is 10.3. The summed E-state index contributed by atoms with van der Waals surface area (Å²) >= 11 is 15.1. The zero-order chi connectivity index (χ0) is 13.9. The van der Waals surface area contributed by atoms with Gasteiger partial charge in [-0.2, -0.15) is 0 Å². The highest BCUT2D eigenvalue weighted by molar-refractivity contribution is 7.98. The van der Waals surface area contributed by atoms with E-state index in [1.54, 1.807) is 29.4 Å². The first-order chi connectivity index (χ1) is 9.72. The molecular formula is C13H9Cl2N3S2. The summed E-state index contributed by atoms with van der Waals surface area (Å²) in [6, 6.07) is 11.5. The van der Waals surface area contributed by atoms with Crippen molar-refractivity contribution in [3.05, 3.63) is 57.0 Å². The Kier molecular flexibility index (Phi) is 4.31. The SMILES string of the molecule is Clc1cccc(-n2cnnc2SCc2ccc(Cl)s2)c1. The van der Waals surface area contributed by atoms with Crippen LogP contribution < -0.4 is 0 Å². The van der Waals surface area contributed by atoms with E-state index in [0.29, 0.717) is 5.02 Å². The standard InChI is InChI=1S/C13H9Cl2N3S2/c14-9-2-1-3-10(6-9)18-8-16-17-13(18)19-7-11-4-5-12(15)20-11/h1-6,8H,7H2. The Balaban J connectivity index is 1.80. The fourth-order valence-corrected chi connectivity index (χ4v) is 3.93. The van der Waals surface area contributed by atoms with Crippen LogP contribution >= 0.6 is 46.3 Å². The van der Waals surface area contributed by atoms with E-state index in [1.165, 1.54) is 4.88 Å². The van der Waals surface area contributed by atoms with Gasteiger partial charge in [-0.15, -0.1) is 21.5 Å². The normalized spacial score (nSPS) is 10.9. The lowest BCUT2D eigenvalue weighted by Gasteiger charge is -2.05. The van der Waals surface area contributed by atoms with Crippen molar-refractivity contribution in [2.24, 2.45) is 0 Å². The third-order valence-electron chi connectivity index (χ3n) is 2.58. The maximum atomic E-state index is 6.02. The van der Waals surface area contributed by atoms with Gasteiger partial charge in [0.25, 0.3) is 0 Å². The van der Waals surface area contributed by atoms with Crippen LogP contribution in [0.5, 0.6) is 0 Å². The molecule has 1 aromatic carbocycles. The van der Waals surface area contributed by atoms with Crippen molar-refractivity contribution in [2.75, 3.05) is 0 Å². The second kappa shape index (κ2) is 6.18. The first-order valence-corrected chi connectivity index (χ1v) is 8.31. The molecule has 0 radical (unpaired) electrons. The van der Waals surface area contributed by atoms with Crippen LogP contribution in [-0.2, 0) is 5.75 Å². The lowest BCUT2D eigenvalue weighted by Crippen LogP contribution is -1.94. The highest BCUT2D eigenvalue weighted by Crippen LogP contribution is 2.29. The number of thiophene rings is 1. The van der Waals surface area contributed by atoms with Crippen molar-refractivity contribution in [3.63, 3.8) is 0 Å². The molecule has 0 aliphatic heterocycles. The van der Waals surface area contributed by atoms with Gasteiger partial charge in [0.05, 0.1) is 10.0 Å². The molecule has 0 atom stereocenters. The van der Waals surface area contributed by atoms with Crippen molar-refractivity contribution < 1.29 is 0 Å². The van der Waals surface area contributed by atoms with Crippen LogP contribution in [0.2, 0.25) is 9.36 Å². The van der Waals surface area contributed by atoms with Crippen molar-refractivity contribution in [1.29, 1.82) is 0 Å². The fourth-order valence-electron chi connectivity index (χ4n) is 1.69. The average molecular weight is 342 g/mol. The zero-order valence-electron chi connectivity index (χ0n) is 10.2. The first kappa shape index (κ1) is 13.9. The lowest BCUT2D eigenvalue weighted by molar-refractivity contribution is 0.884. The Bertz CT molecular complexity index is 724. The van der Waals surface area contributed by atoms with Gasteiger partial charge in [-0.05, 0) is 30.3 Å². The molecule has 0 unspecified atom stereocenters. The number of nitrogens with zero attached hydrogens (tertiary/aromatic N) is 3. The van der Waals surface area contributed by atoms with Gasteiger partial charge >= 0.3 is 0 Å². The molecule has 2 aromatic heterocycles. The molecule has 7 heteroatoms. The zero-order valence-corrected chi connectivity index (χ0v) is 13.3. The number of hydrogen-bond donors (Lipinski definition) is 0. The topological polar surface area (TPSA) is 30.7 Å². The van der Waals surface area contributed by atoms with E-state index in [2.05, 4.69) is 10.2 Å². The maximum Gasteiger partial charge on any atom is 0.195 e. The maximum absolute atomic E-state index is 6.02. The fraction of sp³-hybridized carbons (Fsp3) is 0.0769. The predicted octanol–water partition coefficient (Wildman–Crippen LogP) is 4.93. The highest BCUT2D eigenvalue weighted by Gasteiger charge is 2.08. The Morgan fingerprint density at radius 1 is 1.20 bits per heavy atom. The highest BCUT2D eigenvalue weighted by atomic mass is 35.5. The van der Waals surface area contributed by atoms with Crippen molar-refractivity contribution in [2.45, 2.75) is 10.9 Å². The van der Waals surface area contributed by atoms with Crippen LogP contribution in [0.3, 0.4) is 0 Å². The molecule has 0 saturated heterocycles. The van der Waals surface area contributed by atoms with Crippen molar-refractivity contribution >= 4 is 46.3 Å². The van der Waals surface area contributed by atoms with E-state index in [9.17, 15) is 0 Å². The summed E-state index contributed by atoms with van der Waals surface area (Å²) in [6.07, 6.45) is 1.69. The minimum atomic E-state index is 0.692. The first-order valence-electron chi connectivity index (χ1n) is 5.75. The number of aromatic nitrogens is 3. The number of benzene rings is 1. The van der Waals surface area contributed by atoms with Crippen LogP contribution in [0, 0.1) is 0 Å². The molecular weight excluding hydrogens is 333 g/mol. The summed E-state index contributed by atoms with van der Waals surface area (Å²) in [6.45, 7) is 0. The molecule has 0 bridgehead atoms. The van der Waals surface area contributed by atoms with Gasteiger partial charge in [0.1, 0.15) is 6.33 Å². The molecule has 0 aliphatic rings. The Morgan fingerprint density at radius 3 is 2.85 bits per heavy atom. The second-order valence-electron chi connectivity index (χ2n) is 3.96. The van der Waals surface area contributed by atoms with E-state index in [0.717, 1.165) is 20.9 Å². The molecule has 20 heavy (non-hydrogen) atoms. The Hall–Kier alpha value is -1.01. The van der Waals surface area contributed by atoms with E-state index >= 15 is 0 Å². The van der Waals surface area contributed by atoms with Gasteiger partial charge in [0, 0.05) is 15.7 Å². The van der Waals surface area contributed by atoms with Gasteiger partial charge in [0.15, 0.2) is 5.16 Å². The van der Waals surface area contributed by atoms with Crippen LogP contribution in [-0.4, -0.2) is 14.8 Å². The number of halogens is 2. The molecule has 2 heterocycles. The van der Waals surface area contributed by atoms with Crippen LogP contribution in [0.4, 0.5) is 0 Å². The third kappa shape index (κ3) is 3.17. The monoisotopic (exact) mass is 341 g/mol. The molecule has 0 fully saturated rings. The van der Waals surface area contributed by atoms with Crippen LogP contribution in [0.15, 0.2) is 47.9 Å². The summed E-state index contributed by atoms with van der Waals surface area (Å²) in [5.41, 5.74) is 0.953. The van der Waals surface area contributed by atoms with E-state index in [-0.39, 0.29) is 0 Å². The molecule has 0 amide bonds. The molecule has 0 aliphatic carbocycles. The van der Waals surface area contributed by atoms with E-state index in [1.807, 2.05) is 41.0 Å². The molecule has 0 saturated carbocycles. The van der Waals surface area contributed by atoms with E-state index in [4.69, 9.17) is 23.2 Å². The third-order valence-corrected chi connectivity index (χ3v) is 5.22. The molecule has 3 nitrogen and oxygen atoms in total. The molecule has 3 aromatic rings. The largest absolute Gasteiger partial charge is 0.277 e. The van der Waals surface area contributed by atoms with Crippen LogP contribution in [0.25, 0.3) is 5.69 Å². The summed E-state index contributed by atoms with van der Waals surface area (Å²) in [4.78, 5) is 1.21. The quantitative estimate of drug-likeness (QED) is 0.630. The second-order valence-corrected chi connectivity index (χ2v) is 7.14. The van der Waals surface area contributed by atoms with Crippen LogP contribution in [0.1, 0.15) is 4.88 Å². The van der Waals surface area contributed by atoms with Gasteiger partial charge in [-0.1, -0.05) is 41.0 Å². The predicted molar refractivity (Wildman–Crippen MR) is 85.3 cm³/mol. The number of hydrogen-bond acceptors (Lipinski definition) is 4. The summed E-state index contributed by atoms with van der Waals surface area (Å²) in [5.74, 6) is 0.816. The Labute approximate surface area is 134 Å². The van der Waals surface area contributed by atoms with Gasteiger partial charge in [0.2, 0.25) is 0 Å². The summed E-state index contributed by atoms with van der Waals surface area (Å²) in [5, 5.41) is 9.64. The number of thioether (sulfide) groups is 1. The molecule has 0 N–H and O–H groups in total. The van der Waals surface area contributed by atoms with Gasteiger partial charge < -0.3 is 0 Å². The minimum Gasteiger partial charge on any atom is -0.277 e.